The molecule has 136 valence electrons. The van der Waals surface area contributed by atoms with Crippen molar-refractivity contribution in [2.45, 2.75) is 13.3 Å². The molecule has 3 aromatic rings. The number of nitrogens with zero attached hydrogens (tertiary/aromatic N) is 4. The standard InChI is InChI=1S/C18H17N7O2/c1-2-19-18(27)24-17-22-13-8-12(11-4-6-20-15(26)10-11)9-14(16(13)23-17)25-7-3-5-21-25/h3-9H,2,10H2,1H3,(H3,19,22,23,24,27). The fourth-order valence-electron chi connectivity index (χ4n) is 2.92. The quantitative estimate of drug-likeness (QED) is 0.659. The summed E-state index contributed by atoms with van der Waals surface area (Å²) in [5.74, 6) is 0.146. The molecule has 0 saturated carbocycles. The number of H-pyrrole nitrogens is 1. The summed E-state index contributed by atoms with van der Waals surface area (Å²) < 4.78 is 1.70. The Bertz CT molecular complexity index is 1080. The van der Waals surface area contributed by atoms with Crippen molar-refractivity contribution in [2.75, 3.05) is 11.9 Å². The Labute approximate surface area is 154 Å². The SMILES string of the molecule is CCNC(=O)Nc1nc2c(-n3cccn3)cc(C3=CC=NC(=O)C3)cc2[nH]1. The number of fused-ring (bicyclic) bond motifs is 1. The Morgan fingerprint density at radius 3 is 3.00 bits per heavy atom. The second-order valence-electron chi connectivity index (χ2n) is 5.95. The summed E-state index contributed by atoms with van der Waals surface area (Å²) in [6.07, 6.45) is 7.05. The summed E-state index contributed by atoms with van der Waals surface area (Å²) in [5, 5.41) is 9.62. The number of carbonyl (C=O) groups is 2. The number of anilines is 1. The van der Waals surface area contributed by atoms with Crippen LogP contribution in [-0.2, 0) is 4.79 Å². The number of aromatic nitrogens is 4. The Hall–Kier alpha value is -3.75. The molecule has 0 bridgehead atoms. The first-order chi connectivity index (χ1) is 13.1. The van der Waals surface area contributed by atoms with Crippen LogP contribution in [-0.4, -0.2) is 44.4 Å². The number of hydrogen-bond acceptors (Lipinski definition) is 4. The van der Waals surface area contributed by atoms with Gasteiger partial charge in [0.2, 0.25) is 11.9 Å². The number of nitrogens with one attached hydrogen (secondary N) is 3. The smallest absolute Gasteiger partial charge is 0.321 e. The van der Waals surface area contributed by atoms with Crippen LogP contribution in [0.3, 0.4) is 0 Å². The van der Waals surface area contributed by atoms with Crippen molar-refractivity contribution in [3.63, 3.8) is 0 Å². The van der Waals surface area contributed by atoms with Crippen molar-refractivity contribution in [2.24, 2.45) is 4.99 Å². The normalized spacial score (nSPS) is 13.7. The highest BCUT2D eigenvalue weighted by Gasteiger charge is 2.17. The summed E-state index contributed by atoms with van der Waals surface area (Å²) >= 11 is 0. The molecule has 1 aromatic carbocycles. The number of allylic oxidation sites excluding steroid dienone is 1. The maximum Gasteiger partial charge on any atom is 0.321 e. The lowest BCUT2D eigenvalue weighted by atomic mass is 9.99. The van der Waals surface area contributed by atoms with Gasteiger partial charge < -0.3 is 10.3 Å². The van der Waals surface area contributed by atoms with E-state index in [1.54, 1.807) is 10.9 Å². The molecule has 9 heteroatoms. The molecule has 2 aromatic heterocycles. The van der Waals surface area contributed by atoms with Gasteiger partial charge in [-0.05, 0) is 42.3 Å². The Morgan fingerprint density at radius 2 is 2.26 bits per heavy atom. The van der Waals surface area contributed by atoms with Gasteiger partial charge in [0.15, 0.2) is 0 Å². The van der Waals surface area contributed by atoms with Gasteiger partial charge >= 0.3 is 6.03 Å². The number of benzene rings is 1. The zero-order valence-corrected chi connectivity index (χ0v) is 14.6. The van der Waals surface area contributed by atoms with Crippen molar-refractivity contribution >= 4 is 40.7 Å². The number of rotatable bonds is 4. The zero-order chi connectivity index (χ0) is 18.8. The van der Waals surface area contributed by atoms with Crippen LogP contribution in [0.5, 0.6) is 0 Å². The van der Waals surface area contributed by atoms with Gasteiger partial charge in [-0.25, -0.2) is 19.5 Å². The number of aromatic amines is 1. The van der Waals surface area contributed by atoms with Crippen LogP contribution in [0.15, 0.2) is 41.7 Å². The highest BCUT2D eigenvalue weighted by Crippen LogP contribution is 2.29. The lowest BCUT2D eigenvalue weighted by Gasteiger charge is -2.11. The van der Waals surface area contributed by atoms with Gasteiger partial charge in [0.25, 0.3) is 0 Å². The number of imidazole rings is 1. The number of hydrogen-bond donors (Lipinski definition) is 3. The molecule has 9 nitrogen and oxygen atoms in total. The molecule has 0 fully saturated rings. The molecule has 27 heavy (non-hydrogen) atoms. The number of urea groups is 1. The Morgan fingerprint density at radius 1 is 1.37 bits per heavy atom. The number of amides is 3. The largest absolute Gasteiger partial charge is 0.338 e. The third-order valence-corrected chi connectivity index (χ3v) is 4.09. The maximum atomic E-state index is 11.8. The molecule has 4 rings (SSSR count). The van der Waals surface area contributed by atoms with Crippen LogP contribution >= 0.6 is 0 Å². The van der Waals surface area contributed by atoms with Crippen LogP contribution in [0.1, 0.15) is 18.9 Å². The van der Waals surface area contributed by atoms with Crippen LogP contribution < -0.4 is 10.6 Å². The molecule has 0 radical (unpaired) electrons. The zero-order valence-electron chi connectivity index (χ0n) is 14.6. The molecular weight excluding hydrogens is 346 g/mol. The van der Waals surface area contributed by atoms with E-state index < -0.39 is 0 Å². The molecule has 3 heterocycles. The van der Waals surface area contributed by atoms with E-state index in [0.29, 0.717) is 18.0 Å². The molecule has 1 aliphatic rings. The number of carbonyl (C=O) groups excluding carboxylic acids is 2. The van der Waals surface area contributed by atoms with Gasteiger partial charge in [0.1, 0.15) is 5.52 Å². The minimum atomic E-state index is -0.339. The molecule has 0 spiro atoms. The lowest BCUT2D eigenvalue weighted by Crippen LogP contribution is -2.28. The predicted molar refractivity (Wildman–Crippen MR) is 102 cm³/mol. The predicted octanol–water partition coefficient (Wildman–Crippen LogP) is 2.27. The van der Waals surface area contributed by atoms with Crippen molar-refractivity contribution in [1.29, 1.82) is 0 Å². The monoisotopic (exact) mass is 363 g/mol. The summed E-state index contributed by atoms with van der Waals surface area (Å²) in [5.41, 5.74) is 3.84. The minimum absolute atomic E-state index is 0.184. The Balaban J connectivity index is 1.82. The van der Waals surface area contributed by atoms with Gasteiger partial charge in [-0.2, -0.15) is 5.10 Å². The van der Waals surface area contributed by atoms with E-state index in [1.165, 1.54) is 6.21 Å². The third-order valence-electron chi connectivity index (χ3n) is 4.09. The molecular formula is C18H17N7O2. The average molecular weight is 363 g/mol. The molecule has 0 saturated heterocycles. The molecule has 3 N–H and O–H groups in total. The van der Waals surface area contributed by atoms with Crippen LogP contribution in [0.25, 0.3) is 22.3 Å². The highest BCUT2D eigenvalue weighted by atomic mass is 16.2. The van der Waals surface area contributed by atoms with E-state index >= 15 is 0 Å². The summed E-state index contributed by atoms with van der Waals surface area (Å²) in [7, 11) is 0. The van der Waals surface area contributed by atoms with Crippen molar-refractivity contribution in [1.82, 2.24) is 25.1 Å². The summed E-state index contributed by atoms with van der Waals surface area (Å²) in [4.78, 5) is 34.8. The second kappa shape index (κ2) is 6.87. The first-order valence-electron chi connectivity index (χ1n) is 8.49. The van der Waals surface area contributed by atoms with Gasteiger partial charge in [-0.15, -0.1) is 0 Å². The number of aliphatic imine (C=N–C) groups is 1. The molecule has 1 aliphatic heterocycles. The third kappa shape index (κ3) is 3.34. The van der Waals surface area contributed by atoms with E-state index in [0.717, 1.165) is 22.3 Å². The van der Waals surface area contributed by atoms with E-state index in [9.17, 15) is 9.59 Å². The molecule has 0 atom stereocenters. The average Bonchev–Trinajstić information content (AvgIpc) is 3.30. The number of dihydropyridines is 1. The van der Waals surface area contributed by atoms with Gasteiger partial charge in [-0.3, -0.25) is 10.1 Å². The minimum Gasteiger partial charge on any atom is -0.338 e. The Kier molecular flexibility index (Phi) is 4.25. The second-order valence-corrected chi connectivity index (χ2v) is 5.95. The molecule has 0 aliphatic carbocycles. The highest BCUT2D eigenvalue weighted by molar-refractivity contribution is 6.04. The van der Waals surface area contributed by atoms with Gasteiger partial charge in [-0.1, -0.05) is 0 Å². The van der Waals surface area contributed by atoms with Crippen molar-refractivity contribution in [3.05, 3.63) is 42.2 Å². The van der Waals surface area contributed by atoms with E-state index in [-0.39, 0.29) is 18.4 Å². The first kappa shape index (κ1) is 16.7. The van der Waals surface area contributed by atoms with Crippen LogP contribution in [0, 0.1) is 0 Å². The van der Waals surface area contributed by atoms with E-state index in [4.69, 9.17) is 0 Å². The summed E-state index contributed by atoms with van der Waals surface area (Å²) in [6.45, 7) is 2.35. The van der Waals surface area contributed by atoms with E-state index in [1.807, 2.05) is 37.4 Å². The molecule has 0 unspecified atom stereocenters. The molecule has 3 amide bonds. The lowest BCUT2D eigenvalue weighted by molar-refractivity contribution is -0.116. The van der Waals surface area contributed by atoms with Gasteiger partial charge in [0.05, 0.1) is 17.6 Å². The van der Waals surface area contributed by atoms with Gasteiger partial charge in [0, 0.05) is 25.2 Å². The topological polar surface area (TPSA) is 117 Å². The van der Waals surface area contributed by atoms with Crippen molar-refractivity contribution in [3.8, 4) is 5.69 Å². The van der Waals surface area contributed by atoms with Crippen LogP contribution in [0.4, 0.5) is 10.7 Å². The van der Waals surface area contributed by atoms with E-state index in [2.05, 4.69) is 30.7 Å². The summed E-state index contributed by atoms with van der Waals surface area (Å²) in [6, 6.07) is 5.30. The van der Waals surface area contributed by atoms with Crippen molar-refractivity contribution < 1.29 is 9.59 Å². The first-order valence-corrected chi connectivity index (χ1v) is 8.49. The maximum absolute atomic E-state index is 11.8. The van der Waals surface area contributed by atoms with Crippen LogP contribution in [0.2, 0.25) is 0 Å². The fourth-order valence-corrected chi connectivity index (χ4v) is 2.92. The fraction of sp³-hybridized carbons (Fsp3) is 0.167.